The molecule has 6 aliphatic carbocycles. The molecule has 6 saturated carbocycles. The molecule has 0 saturated heterocycles. The highest BCUT2D eigenvalue weighted by Gasteiger charge is 2.63. The summed E-state index contributed by atoms with van der Waals surface area (Å²) in [5.41, 5.74) is 1.15. The second kappa shape index (κ2) is 10.5. The van der Waals surface area contributed by atoms with Gasteiger partial charge in [-0.25, -0.2) is 20.8 Å². The lowest BCUT2D eigenvalue weighted by atomic mass is 9.69. The van der Waals surface area contributed by atoms with Gasteiger partial charge in [-0.1, -0.05) is 80.1 Å². The molecule has 0 heterocycles. The molecule has 6 nitrogen and oxygen atoms in total. The number of hydrazine groups is 1. The van der Waals surface area contributed by atoms with Crippen LogP contribution in [0.25, 0.3) is 0 Å². The summed E-state index contributed by atoms with van der Waals surface area (Å²) in [5, 5.41) is 9.83. The molecular weight excluding hydrogens is 492 g/mol. The minimum Gasteiger partial charge on any atom is -0.352 e. The molecule has 0 aromatic rings. The summed E-state index contributed by atoms with van der Waals surface area (Å²) in [4.78, 5) is 11.0. The number of nitrogens with two attached hydrogens (primary N) is 1. The fourth-order valence-electron chi connectivity index (χ4n) is 10.3. The lowest BCUT2D eigenvalue weighted by Crippen LogP contribution is -2.60. The highest BCUT2D eigenvalue weighted by atomic mass is 15.5. The Morgan fingerprint density at radius 2 is 1.20 bits per heavy atom. The maximum absolute atomic E-state index is 7.22. The molecule has 0 spiro atoms. The van der Waals surface area contributed by atoms with Crippen LogP contribution in [0.15, 0.2) is 9.98 Å². The van der Waals surface area contributed by atoms with Crippen molar-refractivity contribution in [1.29, 1.82) is 0 Å². The van der Waals surface area contributed by atoms with E-state index in [2.05, 4.69) is 52.2 Å². The molecule has 4 bridgehead atoms. The number of guanidine groups is 2. The third-order valence-electron chi connectivity index (χ3n) is 14.4. The smallest absolute Gasteiger partial charge is 0.216 e. The van der Waals surface area contributed by atoms with Crippen LogP contribution >= 0.6 is 0 Å². The van der Waals surface area contributed by atoms with Crippen LogP contribution in [-0.4, -0.2) is 41.1 Å². The van der Waals surface area contributed by atoms with Gasteiger partial charge in [0.2, 0.25) is 11.9 Å². The predicted octanol–water partition coefficient (Wildman–Crippen LogP) is 7.15. The molecule has 0 amide bonds. The van der Waals surface area contributed by atoms with Crippen LogP contribution in [0.2, 0.25) is 0 Å². The summed E-state index contributed by atoms with van der Waals surface area (Å²) in [6.45, 7) is 15.0. The van der Waals surface area contributed by atoms with Crippen molar-refractivity contribution < 1.29 is 0 Å². The molecule has 6 aliphatic rings. The maximum Gasteiger partial charge on any atom is 0.216 e. The second-order valence-electron chi connectivity index (χ2n) is 16.5. The van der Waals surface area contributed by atoms with Gasteiger partial charge in [-0.2, -0.15) is 0 Å². The molecule has 6 rings (SSSR count). The van der Waals surface area contributed by atoms with Crippen LogP contribution in [0.3, 0.4) is 0 Å². The summed E-state index contributed by atoms with van der Waals surface area (Å²) in [5.74, 6) is 10.5. The fourth-order valence-corrected chi connectivity index (χ4v) is 10.3. The molecule has 6 heteroatoms. The fraction of sp³-hybridized carbons (Fsp3) is 0.941. The Morgan fingerprint density at radius 3 is 1.73 bits per heavy atom. The first-order valence-electron chi connectivity index (χ1n) is 17.2. The molecule has 0 radical (unpaired) electrons. The molecule has 0 aliphatic heterocycles. The quantitative estimate of drug-likeness (QED) is 0.150. The SMILES string of the molecule is CC1(C)C2CCC1(C)C(N=C(NC1CC3CCC1(C)C3(C)C)N(N)C(=NC1CCCCC1)NC1CCCCC1)C2. The summed E-state index contributed by atoms with van der Waals surface area (Å²) in [6, 6.07) is 1.53. The van der Waals surface area contributed by atoms with Crippen LogP contribution in [0.4, 0.5) is 0 Å². The number of nitrogens with zero attached hydrogens (tertiary/aromatic N) is 3. The average Bonchev–Trinajstić information content (AvgIpc) is 3.45. The van der Waals surface area contributed by atoms with E-state index in [1.807, 2.05) is 5.01 Å². The number of hydrogen-bond donors (Lipinski definition) is 3. The zero-order valence-corrected chi connectivity index (χ0v) is 26.7. The van der Waals surface area contributed by atoms with Gasteiger partial charge in [0.05, 0.1) is 12.1 Å². The molecule has 0 aromatic carbocycles. The highest BCUT2D eigenvalue weighted by molar-refractivity contribution is 5.98. The van der Waals surface area contributed by atoms with E-state index in [-0.39, 0.29) is 10.8 Å². The summed E-state index contributed by atoms with van der Waals surface area (Å²) in [7, 11) is 0. The van der Waals surface area contributed by atoms with Crippen molar-refractivity contribution in [2.45, 2.75) is 168 Å². The van der Waals surface area contributed by atoms with E-state index in [1.54, 1.807) is 0 Å². The standard InChI is InChI=1S/C34H60N6/c1-31(2)23-17-19-33(31,5)27(21-23)38-30(39-28-22-24-18-20-34(28,6)32(24,3)4)40(35)29(36-25-13-9-7-10-14-25)37-26-15-11-8-12-16-26/h23-28H,7-22,35H2,1-6H3,(H,36,37)(H,38,39). The van der Waals surface area contributed by atoms with E-state index in [9.17, 15) is 0 Å². The van der Waals surface area contributed by atoms with E-state index < -0.39 is 0 Å². The van der Waals surface area contributed by atoms with E-state index in [0.717, 1.165) is 23.8 Å². The zero-order chi connectivity index (χ0) is 28.3. The molecule has 40 heavy (non-hydrogen) atoms. The number of nitrogens with one attached hydrogen (secondary N) is 2. The first-order chi connectivity index (χ1) is 19.0. The lowest BCUT2D eigenvalue weighted by molar-refractivity contribution is 0.126. The van der Waals surface area contributed by atoms with Crippen LogP contribution in [0, 0.1) is 33.5 Å². The Hall–Kier alpha value is -1.30. The molecule has 226 valence electrons. The third-order valence-corrected chi connectivity index (χ3v) is 14.4. The number of rotatable bonds is 4. The second-order valence-corrected chi connectivity index (χ2v) is 16.5. The normalized spacial score (nSPS) is 41.5. The topological polar surface area (TPSA) is 78.0 Å². The van der Waals surface area contributed by atoms with Crippen molar-refractivity contribution >= 4 is 11.9 Å². The molecule has 6 fully saturated rings. The van der Waals surface area contributed by atoms with Gasteiger partial charge in [0.1, 0.15) is 0 Å². The van der Waals surface area contributed by atoms with Gasteiger partial charge in [0, 0.05) is 12.1 Å². The molecule has 0 aromatic heterocycles. The van der Waals surface area contributed by atoms with Gasteiger partial charge in [0.15, 0.2) is 0 Å². The zero-order valence-electron chi connectivity index (χ0n) is 26.7. The summed E-state index contributed by atoms with van der Waals surface area (Å²) in [6.07, 6.45) is 20.3. The van der Waals surface area contributed by atoms with Gasteiger partial charge < -0.3 is 10.6 Å². The van der Waals surface area contributed by atoms with Gasteiger partial charge in [-0.05, 0) is 97.7 Å². The minimum absolute atomic E-state index is 0.223. The molecule has 4 N–H and O–H groups in total. The monoisotopic (exact) mass is 552 g/mol. The Kier molecular flexibility index (Phi) is 7.53. The van der Waals surface area contributed by atoms with Gasteiger partial charge in [-0.15, -0.1) is 0 Å². The minimum atomic E-state index is 0.223. The van der Waals surface area contributed by atoms with Gasteiger partial charge >= 0.3 is 0 Å². The number of hydrogen-bond acceptors (Lipinski definition) is 3. The van der Waals surface area contributed by atoms with E-state index >= 15 is 0 Å². The maximum atomic E-state index is 7.22. The third kappa shape index (κ3) is 4.61. The number of aliphatic imine (C=N–C) groups is 2. The van der Waals surface area contributed by atoms with Crippen LogP contribution < -0.4 is 16.5 Å². The Bertz CT molecular complexity index is 988. The first kappa shape index (κ1) is 28.8. The molecule has 6 atom stereocenters. The van der Waals surface area contributed by atoms with Gasteiger partial charge in [0.25, 0.3) is 0 Å². The van der Waals surface area contributed by atoms with Crippen molar-refractivity contribution in [3.05, 3.63) is 0 Å². The average molecular weight is 553 g/mol. The number of fused-ring (bicyclic) bond motifs is 4. The molecular formula is C34H60N6. The predicted molar refractivity (Wildman–Crippen MR) is 167 cm³/mol. The van der Waals surface area contributed by atoms with E-state index in [4.69, 9.17) is 15.8 Å². The van der Waals surface area contributed by atoms with Gasteiger partial charge in [-0.3, -0.25) is 0 Å². The largest absolute Gasteiger partial charge is 0.352 e. The van der Waals surface area contributed by atoms with Crippen molar-refractivity contribution in [2.24, 2.45) is 49.3 Å². The van der Waals surface area contributed by atoms with E-state index in [1.165, 1.54) is 103 Å². The highest BCUT2D eigenvalue weighted by Crippen LogP contribution is 2.67. The summed E-state index contributed by atoms with van der Waals surface area (Å²) < 4.78 is 0. The first-order valence-corrected chi connectivity index (χ1v) is 17.2. The van der Waals surface area contributed by atoms with E-state index in [0.29, 0.717) is 35.0 Å². The van der Waals surface area contributed by atoms with Crippen LogP contribution in [-0.2, 0) is 0 Å². The van der Waals surface area contributed by atoms with Crippen molar-refractivity contribution in [1.82, 2.24) is 15.6 Å². The van der Waals surface area contributed by atoms with Crippen molar-refractivity contribution in [3.63, 3.8) is 0 Å². The lowest BCUT2D eigenvalue weighted by Gasteiger charge is -2.42. The Balaban J connectivity index is 1.33. The Labute approximate surface area is 245 Å². The van der Waals surface area contributed by atoms with Crippen molar-refractivity contribution in [2.75, 3.05) is 0 Å². The molecule has 6 unspecified atom stereocenters. The van der Waals surface area contributed by atoms with Crippen LogP contribution in [0.5, 0.6) is 0 Å². The van der Waals surface area contributed by atoms with Crippen LogP contribution in [0.1, 0.15) is 144 Å². The summed E-state index contributed by atoms with van der Waals surface area (Å²) >= 11 is 0. The Morgan fingerprint density at radius 1 is 0.650 bits per heavy atom. The van der Waals surface area contributed by atoms with Crippen molar-refractivity contribution in [3.8, 4) is 0 Å².